The molecule has 0 aliphatic carbocycles. The first kappa shape index (κ1) is 15.4. The summed E-state index contributed by atoms with van der Waals surface area (Å²) in [7, 11) is 3.23. The van der Waals surface area contributed by atoms with Crippen LogP contribution >= 0.6 is 15.9 Å². The maximum Gasteiger partial charge on any atom is 0.145 e. The van der Waals surface area contributed by atoms with E-state index in [2.05, 4.69) is 26.2 Å². The van der Waals surface area contributed by atoms with Gasteiger partial charge in [-0.2, -0.15) is 0 Å². The van der Waals surface area contributed by atoms with Gasteiger partial charge >= 0.3 is 0 Å². The Labute approximate surface area is 142 Å². The van der Waals surface area contributed by atoms with Crippen LogP contribution in [-0.2, 0) is 0 Å². The van der Waals surface area contributed by atoms with Crippen molar-refractivity contribution >= 4 is 43.9 Å². The highest BCUT2D eigenvalue weighted by Gasteiger charge is 2.10. The number of halogens is 1. The summed E-state index contributed by atoms with van der Waals surface area (Å²) in [5, 5.41) is 4.16. The topological polar surface area (TPSA) is 69.4 Å². The Kier molecular flexibility index (Phi) is 4.25. The fourth-order valence-corrected chi connectivity index (χ4v) is 2.69. The fourth-order valence-electron chi connectivity index (χ4n) is 2.33. The zero-order valence-electron chi connectivity index (χ0n) is 12.8. The molecular weight excluding hydrogens is 358 g/mol. The second-order valence-electron chi connectivity index (χ2n) is 4.94. The first-order chi connectivity index (χ1) is 11.1. The third kappa shape index (κ3) is 3.03. The van der Waals surface area contributed by atoms with Crippen LogP contribution in [0.25, 0.3) is 10.9 Å². The number of nitrogen functional groups attached to an aromatic ring is 1. The maximum absolute atomic E-state index is 6.29. The van der Waals surface area contributed by atoms with Crippen molar-refractivity contribution in [1.29, 1.82) is 0 Å². The highest BCUT2D eigenvalue weighted by Crippen LogP contribution is 2.35. The van der Waals surface area contributed by atoms with Gasteiger partial charge < -0.3 is 20.5 Å². The van der Waals surface area contributed by atoms with Crippen molar-refractivity contribution in [1.82, 2.24) is 4.98 Å². The van der Waals surface area contributed by atoms with Gasteiger partial charge in [-0.3, -0.25) is 4.98 Å². The molecular formula is C17H16BrN3O2. The molecule has 0 bridgehead atoms. The normalized spacial score (nSPS) is 10.6. The van der Waals surface area contributed by atoms with Crippen LogP contribution in [0, 0.1) is 0 Å². The van der Waals surface area contributed by atoms with Crippen LogP contribution < -0.4 is 20.5 Å². The second-order valence-corrected chi connectivity index (χ2v) is 5.85. The van der Waals surface area contributed by atoms with Crippen LogP contribution in [0.4, 0.5) is 17.1 Å². The predicted octanol–water partition coefficient (Wildman–Crippen LogP) is 4.34. The second kappa shape index (κ2) is 6.34. The van der Waals surface area contributed by atoms with Gasteiger partial charge in [-0.05, 0) is 30.3 Å². The van der Waals surface area contributed by atoms with Crippen molar-refractivity contribution in [2.75, 3.05) is 25.3 Å². The average molecular weight is 374 g/mol. The molecule has 3 aromatic rings. The van der Waals surface area contributed by atoms with Crippen LogP contribution in [0.5, 0.6) is 11.5 Å². The lowest BCUT2D eigenvalue weighted by Gasteiger charge is -2.15. The number of anilines is 3. The van der Waals surface area contributed by atoms with Crippen molar-refractivity contribution in [3.05, 3.63) is 47.1 Å². The number of nitrogens with one attached hydrogen (secondary N) is 1. The number of aromatic nitrogens is 1. The van der Waals surface area contributed by atoms with Crippen molar-refractivity contribution < 1.29 is 9.47 Å². The minimum absolute atomic E-state index is 0.633. The van der Waals surface area contributed by atoms with E-state index in [1.807, 2.05) is 36.4 Å². The van der Waals surface area contributed by atoms with Gasteiger partial charge in [0, 0.05) is 15.9 Å². The number of benzene rings is 2. The molecule has 118 valence electrons. The molecule has 2 aromatic carbocycles. The minimum atomic E-state index is 0.633. The van der Waals surface area contributed by atoms with Gasteiger partial charge in [0.2, 0.25) is 0 Å². The molecule has 0 unspecified atom stereocenters. The standard InChI is InChI=1S/C17H16BrN3O2/c1-22-11-4-6-14(16(8-11)23-2)21-15-9-20-13-5-3-10(18)7-12(13)17(15)19/h3-9,21H,1-2H3,(H2,19,20). The summed E-state index contributed by atoms with van der Waals surface area (Å²) in [5.41, 5.74) is 9.28. The van der Waals surface area contributed by atoms with Gasteiger partial charge in [0.15, 0.2) is 0 Å². The van der Waals surface area contributed by atoms with Crippen molar-refractivity contribution in [3.8, 4) is 11.5 Å². The lowest BCUT2D eigenvalue weighted by molar-refractivity contribution is 0.395. The Hall–Kier alpha value is -2.47. The van der Waals surface area contributed by atoms with E-state index in [-0.39, 0.29) is 0 Å². The van der Waals surface area contributed by atoms with Crippen LogP contribution in [-0.4, -0.2) is 19.2 Å². The number of pyridine rings is 1. The largest absolute Gasteiger partial charge is 0.497 e. The summed E-state index contributed by atoms with van der Waals surface area (Å²) < 4.78 is 11.6. The van der Waals surface area contributed by atoms with Gasteiger partial charge in [0.1, 0.15) is 11.5 Å². The summed E-state index contributed by atoms with van der Waals surface area (Å²) >= 11 is 3.46. The van der Waals surface area contributed by atoms with Crippen molar-refractivity contribution in [2.24, 2.45) is 0 Å². The molecule has 0 saturated heterocycles. The molecule has 1 aromatic heterocycles. The lowest BCUT2D eigenvalue weighted by Crippen LogP contribution is -2.00. The van der Waals surface area contributed by atoms with E-state index < -0.39 is 0 Å². The minimum Gasteiger partial charge on any atom is -0.497 e. The third-order valence-corrected chi connectivity index (χ3v) is 4.04. The zero-order chi connectivity index (χ0) is 16.4. The predicted molar refractivity (Wildman–Crippen MR) is 96.7 cm³/mol. The summed E-state index contributed by atoms with van der Waals surface area (Å²) in [5.74, 6) is 1.39. The Balaban J connectivity index is 2.03. The number of nitrogens with zero attached hydrogens (tertiary/aromatic N) is 1. The molecule has 1 heterocycles. The smallest absolute Gasteiger partial charge is 0.145 e. The van der Waals surface area contributed by atoms with E-state index in [9.17, 15) is 0 Å². The number of methoxy groups -OCH3 is 2. The number of ether oxygens (including phenoxy) is 2. The first-order valence-corrected chi connectivity index (χ1v) is 7.74. The first-order valence-electron chi connectivity index (χ1n) is 6.95. The fraction of sp³-hybridized carbons (Fsp3) is 0.118. The lowest BCUT2D eigenvalue weighted by atomic mass is 10.1. The molecule has 0 spiro atoms. The molecule has 23 heavy (non-hydrogen) atoms. The van der Waals surface area contributed by atoms with Crippen LogP contribution in [0.1, 0.15) is 0 Å². The summed E-state index contributed by atoms with van der Waals surface area (Å²) in [6.07, 6.45) is 1.72. The number of hydrogen-bond donors (Lipinski definition) is 2. The Morgan fingerprint density at radius 1 is 1.04 bits per heavy atom. The number of rotatable bonds is 4. The van der Waals surface area contributed by atoms with Crippen molar-refractivity contribution in [3.63, 3.8) is 0 Å². The van der Waals surface area contributed by atoms with Crippen LogP contribution in [0.15, 0.2) is 47.1 Å². The Bertz CT molecular complexity index is 868. The average Bonchev–Trinajstić information content (AvgIpc) is 2.58. The third-order valence-electron chi connectivity index (χ3n) is 3.55. The summed E-state index contributed by atoms with van der Waals surface area (Å²) in [4.78, 5) is 4.44. The Morgan fingerprint density at radius 2 is 1.87 bits per heavy atom. The van der Waals surface area contributed by atoms with Crippen LogP contribution in [0.3, 0.4) is 0 Å². The molecule has 0 atom stereocenters. The SMILES string of the molecule is COc1ccc(Nc2cnc3ccc(Br)cc3c2N)c(OC)c1. The molecule has 0 fully saturated rings. The molecule has 0 aliphatic rings. The monoisotopic (exact) mass is 373 g/mol. The number of fused-ring (bicyclic) bond motifs is 1. The van der Waals surface area contributed by atoms with Crippen molar-refractivity contribution in [2.45, 2.75) is 0 Å². The van der Waals surface area contributed by atoms with E-state index in [4.69, 9.17) is 15.2 Å². The highest BCUT2D eigenvalue weighted by atomic mass is 79.9. The molecule has 5 nitrogen and oxygen atoms in total. The van der Waals surface area contributed by atoms with E-state index in [1.165, 1.54) is 0 Å². The van der Waals surface area contributed by atoms with Gasteiger partial charge in [-0.15, -0.1) is 0 Å². The van der Waals surface area contributed by atoms with E-state index in [0.29, 0.717) is 11.4 Å². The maximum atomic E-state index is 6.29. The number of nitrogens with two attached hydrogens (primary N) is 1. The summed E-state index contributed by atoms with van der Waals surface area (Å²) in [6.45, 7) is 0. The zero-order valence-corrected chi connectivity index (χ0v) is 14.3. The molecule has 6 heteroatoms. The van der Waals surface area contributed by atoms with E-state index in [0.717, 1.165) is 32.5 Å². The van der Waals surface area contributed by atoms with Gasteiger partial charge in [0.05, 0.1) is 43.0 Å². The van der Waals surface area contributed by atoms with E-state index >= 15 is 0 Å². The number of hydrogen-bond acceptors (Lipinski definition) is 5. The molecule has 0 saturated carbocycles. The molecule has 3 rings (SSSR count). The quantitative estimate of drug-likeness (QED) is 0.711. The van der Waals surface area contributed by atoms with E-state index in [1.54, 1.807) is 20.4 Å². The molecule has 3 N–H and O–H groups in total. The highest BCUT2D eigenvalue weighted by molar-refractivity contribution is 9.10. The van der Waals surface area contributed by atoms with Gasteiger partial charge in [-0.1, -0.05) is 15.9 Å². The molecule has 0 amide bonds. The summed E-state index contributed by atoms with van der Waals surface area (Å²) in [6, 6.07) is 11.4. The van der Waals surface area contributed by atoms with Crippen LogP contribution in [0.2, 0.25) is 0 Å². The van der Waals surface area contributed by atoms with Gasteiger partial charge in [0.25, 0.3) is 0 Å². The van der Waals surface area contributed by atoms with Gasteiger partial charge in [-0.25, -0.2) is 0 Å². The molecule has 0 aliphatic heterocycles. The molecule has 0 radical (unpaired) electrons. The Morgan fingerprint density at radius 3 is 2.61 bits per heavy atom.